The van der Waals surface area contributed by atoms with Gasteiger partial charge in [0, 0.05) is 13.1 Å². The van der Waals surface area contributed by atoms with Crippen molar-refractivity contribution in [2.24, 2.45) is 0 Å². The van der Waals surface area contributed by atoms with Gasteiger partial charge in [0.25, 0.3) is 0 Å². The number of anilines is 1. The molecule has 1 aromatic heterocycles. The van der Waals surface area contributed by atoms with E-state index in [1.165, 1.54) is 40.5 Å². The largest absolute Gasteiger partial charge is 0.348 e. The van der Waals surface area contributed by atoms with Crippen LogP contribution in [0.4, 0.5) is 5.13 Å². The third-order valence-electron chi connectivity index (χ3n) is 2.35. The number of rotatable bonds is 2. The quantitative estimate of drug-likeness (QED) is 0.813. The molecule has 2 rings (SSSR count). The molecule has 0 N–H and O–H groups in total. The second-order valence-electron chi connectivity index (χ2n) is 3.26. The molecule has 1 aliphatic rings. The van der Waals surface area contributed by atoms with Gasteiger partial charge in [0.2, 0.25) is 0 Å². The van der Waals surface area contributed by atoms with Crippen molar-refractivity contribution in [1.29, 1.82) is 0 Å². The fourth-order valence-electron chi connectivity index (χ4n) is 1.58. The summed E-state index contributed by atoms with van der Waals surface area (Å²) in [5.41, 5.74) is 1.20. The molecular weight excluding hydrogens is 248 g/mol. The van der Waals surface area contributed by atoms with Crippen LogP contribution in [0.5, 0.6) is 0 Å². The maximum Gasteiger partial charge on any atom is 0.186 e. The smallest absolute Gasteiger partial charge is 0.186 e. The van der Waals surface area contributed by atoms with Crippen molar-refractivity contribution < 1.29 is 0 Å². The minimum absolute atomic E-state index is 1.02. The molecular formula is C9H13BrN2S. The van der Waals surface area contributed by atoms with E-state index in [9.17, 15) is 0 Å². The normalized spacial score (nSPS) is 16.9. The van der Waals surface area contributed by atoms with Crippen LogP contribution in [0.2, 0.25) is 0 Å². The van der Waals surface area contributed by atoms with Gasteiger partial charge in [-0.05, 0) is 35.2 Å². The van der Waals surface area contributed by atoms with Crippen LogP contribution < -0.4 is 4.90 Å². The molecule has 0 spiro atoms. The molecule has 0 aliphatic carbocycles. The van der Waals surface area contributed by atoms with Gasteiger partial charge in [-0.3, -0.25) is 0 Å². The van der Waals surface area contributed by atoms with Gasteiger partial charge in [0.15, 0.2) is 5.13 Å². The zero-order valence-corrected chi connectivity index (χ0v) is 10.1. The van der Waals surface area contributed by atoms with Gasteiger partial charge in [-0.2, -0.15) is 0 Å². The van der Waals surface area contributed by atoms with Crippen molar-refractivity contribution in [2.75, 3.05) is 18.0 Å². The topological polar surface area (TPSA) is 16.1 Å². The number of nitrogens with zero attached hydrogens (tertiary/aromatic N) is 2. The standard InChI is InChI=1S/C9H13BrN2S/c1-2-7-8(10)13-9(11-7)12-5-3-4-6-12/h2-6H2,1H3. The number of hydrogen-bond acceptors (Lipinski definition) is 3. The highest BCUT2D eigenvalue weighted by Gasteiger charge is 2.17. The molecule has 13 heavy (non-hydrogen) atoms. The molecule has 0 unspecified atom stereocenters. The monoisotopic (exact) mass is 260 g/mol. The summed E-state index contributed by atoms with van der Waals surface area (Å²) >= 11 is 5.32. The van der Waals surface area contributed by atoms with E-state index in [1.54, 1.807) is 11.3 Å². The number of thiazole rings is 1. The van der Waals surface area contributed by atoms with Gasteiger partial charge in [-0.1, -0.05) is 18.3 Å². The van der Waals surface area contributed by atoms with Crippen LogP contribution in [0.15, 0.2) is 3.79 Å². The lowest BCUT2D eigenvalue weighted by molar-refractivity contribution is 0.940. The number of halogens is 1. The van der Waals surface area contributed by atoms with Crippen LogP contribution in [0, 0.1) is 0 Å². The molecule has 2 nitrogen and oxygen atoms in total. The lowest BCUT2D eigenvalue weighted by Gasteiger charge is -2.11. The summed E-state index contributed by atoms with van der Waals surface area (Å²) in [7, 11) is 0. The summed E-state index contributed by atoms with van der Waals surface area (Å²) in [5, 5.41) is 1.20. The molecule has 72 valence electrons. The van der Waals surface area contributed by atoms with Crippen LogP contribution in [-0.4, -0.2) is 18.1 Å². The Morgan fingerprint density at radius 3 is 2.69 bits per heavy atom. The minimum atomic E-state index is 1.02. The fourth-order valence-corrected chi connectivity index (χ4v) is 3.32. The highest BCUT2D eigenvalue weighted by atomic mass is 79.9. The molecule has 1 saturated heterocycles. The molecule has 0 aromatic carbocycles. The Bertz CT molecular complexity index is 292. The van der Waals surface area contributed by atoms with Crippen molar-refractivity contribution in [3.63, 3.8) is 0 Å². The Hall–Kier alpha value is -0.0900. The van der Waals surface area contributed by atoms with Crippen LogP contribution in [0.3, 0.4) is 0 Å². The SMILES string of the molecule is CCc1nc(N2CCCC2)sc1Br. The van der Waals surface area contributed by atoms with E-state index >= 15 is 0 Å². The summed E-state index contributed by atoms with van der Waals surface area (Å²) in [5.74, 6) is 0. The Labute approximate surface area is 91.1 Å². The summed E-state index contributed by atoms with van der Waals surface area (Å²) < 4.78 is 1.21. The molecule has 1 fully saturated rings. The molecule has 1 aliphatic heterocycles. The molecule has 0 bridgehead atoms. The van der Waals surface area contributed by atoms with E-state index < -0.39 is 0 Å². The Balaban J connectivity index is 2.20. The predicted octanol–water partition coefficient (Wildman–Crippen LogP) is 3.07. The Kier molecular flexibility index (Phi) is 2.89. The molecule has 0 radical (unpaired) electrons. The second-order valence-corrected chi connectivity index (χ2v) is 5.56. The maximum atomic E-state index is 4.61. The van der Waals surface area contributed by atoms with Crippen LogP contribution in [0.1, 0.15) is 25.5 Å². The third kappa shape index (κ3) is 1.89. The summed E-state index contributed by atoms with van der Waals surface area (Å²) in [6.45, 7) is 4.51. The van der Waals surface area contributed by atoms with Gasteiger partial charge < -0.3 is 4.90 Å². The van der Waals surface area contributed by atoms with Crippen LogP contribution in [-0.2, 0) is 6.42 Å². The second kappa shape index (κ2) is 3.96. The van der Waals surface area contributed by atoms with Crippen LogP contribution >= 0.6 is 27.3 Å². The first-order chi connectivity index (χ1) is 6.31. The highest BCUT2D eigenvalue weighted by molar-refractivity contribution is 9.11. The maximum absolute atomic E-state index is 4.61. The summed E-state index contributed by atoms with van der Waals surface area (Å²) in [4.78, 5) is 6.99. The van der Waals surface area contributed by atoms with Gasteiger partial charge in [-0.25, -0.2) is 4.98 Å². The average molecular weight is 261 g/mol. The molecule has 0 amide bonds. The summed E-state index contributed by atoms with van der Waals surface area (Å²) in [6, 6.07) is 0. The van der Waals surface area contributed by atoms with E-state index in [2.05, 4.69) is 32.7 Å². The lowest BCUT2D eigenvalue weighted by atomic mass is 10.4. The molecule has 1 aromatic rings. The van der Waals surface area contributed by atoms with E-state index in [0.717, 1.165) is 6.42 Å². The van der Waals surface area contributed by atoms with Gasteiger partial charge in [0.05, 0.1) is 9.48 Å². The fraction of sp³-hybridized carbons (Fsp3) is 0.667. The minimum Gasteiger partial charge on any atom is -0.348 e. The number of aromatic nitrogens is 1. The van der Waals surface area contributed by atoms with Gasteiger partial charge in [0.1, 0.15) is 0 Å². The van der Waals surface area contributed by atoms with Gasteiger partial charge >= 0.3 is 0 Å². The van der Waals surface area contributed by atoms with Crippen LogP contribution in [0.25, 0.3) is 0 Å². The summed E-state index contributed by atoms with van der Waals surface area (Å²) in [6.07, 6.45) is 3.65. The van der Waals surface area contributed by atoms with Gasteiger partial charge in [-0.15, -0.1) is 0 Å². The van der Waals surface area contributed by atoms with E-state index in [-0.39, 0.29) is 0 Å². The molecule has 4 heteroatoms. The van der Waals surface area contributed by atoms with Crippen molar-refractivity contribution in [1.82, 2.24) is 4.98 Å². The lowest BCUT2D eigenvalue weighted by Crippen LogP contribution is -2.17. The molecule has 2 heterocycles. The van der Waals surface area contributed by atoms with Crippen molar-refractivity contribution >= 4 is 32.4 Å². The van der Waals surface area contributed by atoms with E-state index in [1.807, 2.05) is 0 Å². The zero-order valence-electron chi connectivity index (χ0n) is 7.72. The third-order valence-corrected chi connectivity index (χ3v) is 4.24. The predicted molar refractivity (Wildman–Crippen MR) is 60.6 cm³/mol. The van der Waals surface area contributed by atoms with Crippen molar-refractivity contribution in [3.8, 4) is 0 Å². The van der Waals surface area contributed by atoms with E-state index in [0.29, 0.717) is 0 Å². The first kappa shape index (κ1) is 9.46. The van der Waals surface area contributed by atoms with Crippen molar-refractivity contribution in [3.05, 3.63) is 9.48 Å². The number of aryl methyl sites for hydroxylation is 1. The Morgan fingerprint density at radius 1 is 1.46 bits per heavy atom. The average Bonchev–Trinajstić information content (AvgIpc) is 2.71. The Morgan fingerprint density at radius 2 is 2.15 bits per heavy atom. The highest BCUT2D eigenvalue weighted by Crippen LogP contribution is 2.32. The number of hydrogen-bond donors (Lipinski definition) is 0. The molecule has 0 saturated carbocycles. The van der Waals surface area contributed by atoms with Crippen molar-refractivity contribution in [2.45, 2.75) is 26.2 Å². The first-order valence-electron chi connectivity index (χ1n) is 4.71. The first-order valence-corrected chi connectivity index (χ1v) is 6.32. The van der Waals surface area contributed by atoms with E-state index in [4.69, 9.17) is 0 Å². The molecule has 0 atom stereocenters. The zero-order chi connectivity index (χ0) is 9.26.